The summed E-state index contributed by atoms with van der Waals surface area (Å²) in [7, 11) is -0.661. The van der Waals surface area contributed by atoms with Crippen LogP contribution in [0.3, 0.4) is 0 Å². The topological polar surface area (TPSA) is 117 Å². The number of aromatic carboxylic acids is 1. The molecule has 1 heterocycles. The van der Waals surface area contributed by atoms with Crippen LogP contribution in [0.4, 0.5) is 0 Å². The van der Waals surface area contributed by atoms with Crippen molar-refractivity contribution in [3.8, 4) is 0 Å². The fourth-order valence-electron chi connectivity index (χ4n) is 1.90. The summed E-state index contributed by atoms with van der Waals surface area (Å²) in [6.45, 7) is 0.295. The molecule has 0 saturated heterocycles. The number of carbonyl (C=O) groups excluding carboxylic acids is 1. The summed E-state index contributed by atoms with van der Waals surface area (Å²) in [6, 6.07) is 5.64. The van der Waals surface area contributed by atoms with Crippen LogP contribution in [-0.2, 0) is 16.4 Å². The number of hydrogen-bond acceptors (Lipinski definition) is 6. The fourth-order valence-corrected chi connectivity index (χ4v) is 3.57. The molecule has 0 spiro atoms. The summed E-state index contributed by atoms with van der Waals surface area (Å²) in [5.74, 6) is -1.43. The van der Waals surface area contributed by atoms with E-state index in [-0.39, 0.29) is 16.5 Å². The minimum absolute atomic E-state index is 0.0102. The van der Waals surface area contributed by atoms with E-state index in [1.165, 1.54) is 55.1 Å². The smallest absolute Gasteiger partial charge is 0.355 e. The molecule has 0 aliphatic heterocycles. The van der Waals surface area contributed by atoms with Gasteiger partial charge in [-0.15, -0.1) is 11.3 Å². The molecule has 10 heteroatoms. The van der Waals surface area contributed by atoms with Gasteiger partial charge in [0.05, 0.1) is 9.90 Å². The SMILES string of the molecule is CN(C)S(=O)(=O)c1ccc(C(=O)NCCc2nc(C(=O)O)cs2)cc1. The Morgan fingerprint density at radius 2 is 1.88 bits per heavy atom. The highest BCUT2D eigenvalue weighted by molar-refractivity contribution is 7.89. The number of benzene rings is 1. The van der Waals surface area contributed by atoms with Crippen molar-refractivity contribution in [2.45, 2.75) is 11.3 Å². The van der Waals surface area contributed by atoms with E-state index < -0.39 is 16.0 Å². The van der Waals surface area contributed by atoms with Gasteiger partial charge in [0.15, 0.2) is 5.69 Å². The largest absolute Gasteiger partial charge is 0.476 e. The molecule has 2 N–H and O–H groups in total. The van der Waals surface area contributed by atoms with Gasteiger partial charge < -0.3 is 10.4 Å². The third-order valence-electron chi connectivity index (χ3n) is 3.29. The average molecular weight is 383 g/mol. The second kappa shape index (κ2) is 7.72. The van der Waals surface area contributed by atoms with Gasteiger partial charge in [0.1, 0.15) is 0 Å². The standard InChI is InChI=1S/C15H17N3O5S2/c1-18(2)25(22,23)11-5-3-10(4-6-11)14(19)16-8-7-13-17-12(9-24-13)15(20)21/h3-6,9H,7-8H2,1-2H3,(H,16,19)(H,20,21). The highest BCUT2D eigenvalue weighted by Crippen LogP contribution is 2.14. The van der Waals surface area contributed by atoms with E-state index in [0.717, 1.165) is 4.31 Å². The second-order valence-electron chi connectivity index (χ2n) is 5.25. The predicted molar refractivity (Wildman–Crippen MR) is 92.4 cm³/mol. The lowest BCUT2D eigenvalue weighted by Gasteiger charge is -2.11. The summed E-state index contributed by atoms with van der Waals surface area (Å²) in [5.41, 5.74) is 0.326. The molecule has 2 aromatic rings. The molecule has 0 aliphatic rings. The van der Waals surface area contributed by atoms with Gasteiger partial charge in [-0.25, -0.2) is 22.5 Å². The van der Waals surface area contributed by atoms with E-state index in [9.17, 15) is 18.0 Å². The zero-order valence-corrected chi connectivity index (χ0v) is 15.2. The molecular weight excluding hydrogens is 366 g/mol. The van der Waals surface area contributed by atoms with E-state index in [1.54, 1.807) is 0 Å². The minimum atomic E-state index is -3.53. The molecule has 8 nitrogen and oxygen atoms in total. The first-order chi connectivity index (χ1) is 11.7. The molecule has 1 aromatic carbocycles. The van der Waals surface area contributed by atoms with Crippen LogP contribution in [0, 0.1) is 0 Å². The van der Waals surface area contributed by atoms with Gasteiger partial charge in [-0.05, 0) is 24.3 Å². The number of carboxylic acid groups (broad SMARTS) is 1. The van der Waals surface area contributed by atoms with Gasteiger partial charge in [-0.3, -0.25) is 4.79 Å². The first-order valence-electron chi connectivity index (χ1n) is 7.20. The van der Waals surface area contributed by atoms with E-state index in [1.807, 2.05) is 0 Å². The summed E-state index contributed by atoms with van der Waals surface area (Å²) < 4.78 is 25.0. The number of carbonyl (C=O) groups is 2. The normalized spacial score (nSPS) is 11.5. The summed E-state index contributed by atoms with van der Waals surface area (Å²) in [4.78, 5) is 26.9. The molecule has 1 amide bonds. The minimum Gasteiger partial charge on any atom is -0.476 e. The second-order valence-corrected chi connectivity index (χ2v) is 8.34. The van der Waals surface area contributed by atoms with Crippen LogP contribution in [-0.4, -0.2) is 55.3 Å². The van der Waals surface area contributed by atoms with Gasteiger partial charge in [-0.2, -0.15) is 0 Å². The third kappa shape index (κ3) is 4.62. The Labute approximate surface area is 149 Å². The van der Waals surface area contributed by atoms with Crippen LogP contribution in [0.1, 0.15) is 25.9 Å². The van der Waals surface area contributed by atoms with E-state index in [4.69, 9.17) is 5.11 Å². The quantitative estimate of drug-likeness (QED) is 0.738. The Balaban J connectivity index is 1.93. The van der Waals surface area contributed by atoms with Crippen molar-refractivity contribution in [2.75, 3.05) is 20.6 Å². The van der Waals surface area contributed by atoms with E-state index in [2.05, 4.69) is 10.3 Å². The Bertz CT molecular complexity index is 873. The maximum Gasteiger partial charge on any atom is 0.355 e. The molecule has 0 radical (unpaired) electrons. The van der Waals surface area contributed by atoms with E-state index >= 15 is 0 Å². The number of carboxylic acids is 1. The van der Waals surface area contributed by atoms with Crippen LogP contribution in [0.2, 0.25) is 0 Å². The fraction of sp³-hybridized carbons (Fsp3) is 0.267. The Morgan fingerprint density at radius 3 is 2.40 bits per heavy atom. The lowest BCUT2D eigenvalue weighted by atomic mass is 10.2. The van der Waals surface area contributed by atoms with Crippen LogP contribution >= 0.6 is 11.3 Å². The van der Waals surface area contributed by atoms with Crippen molar-refractivity contribution < 1.29 is 23.1 Å². The lowest BCUT2D eigenvalue weighted by Crippen LogP contribution is -2.26. The maximum atomic E-state index is 12.1. The summed E-state index contributed by atoms with van der Waals surface area (Å²) >= 11 is 1.22. The van der Waals surface area contributed by atoms with Crippen molar-refractivity contribution in [3.05, 3.63) is 45.9 Å². The molecule has 25 heavy (non-hydrogen) atoms. The van der Waals surface area contributed by atoms with Crippen molar-refractivity contribution in [2.24, 2.45) is 0 Å². The molecule has 0 unspecified atom stereocenters. The van der Waals surface area contributed by atoms with Crippen molar-refractivity contribution in [1.82, 2.24) is 14.6 Å². The molecular formula is C15H17N3O5S2. The number of aromatic nitrogens is 1. The van der Waals surface area contributed by atoms with Gasteiger partial charge in [0.2, 0.25) is 10.0 Å². The van der Waals surface area contributed by atoms with Gasteiger partial charge in [0.25, 0.3) is 5.91 Å². The van der Waals surface area contributed by atoms with Crippen molar-refractivity contribution in [1.29, 1.82) is 0 Å². The van der Waals surface area contributed by atoms with Crippen LogP contribution < -0.4 is 5.32 Å². The van der Waals surface area contributed by atoms with Gasteiger partial charge in [0, 0.05) is 38.0 Å². The number of rotatable bonds is 7. The number of sulfonamides is 1. The number of hydrogen-bond donors (Lipinski definition) is 2. The Morgan fingerprint density at radius 1 is 1.24 bits per heavy atom. The van der Waals surface area contributed by atoms with Crippen molar-refractivity contribution in [3.63, 3.8) is 0 Å². The zero-order chi connectivity index (χ0) is 18.6. The summed E-state index contributed by atoms with van der Waals surface area (Å²) in [5, 5.41) is 13.6. The molecule has 0 aliphatic carbocycles. The Kier molecular flexibility index (Phi) is 5.88. The number of nitrogens with one attached hydrogen (secondary N) is 1. The summed E-state index contributed by atoms with van der Waals surface area (Å²) in [6.07, 6.45) is 0.413. The molecule has 0 atom stereocenters. The number of amides is 1. The van der Waals surface area contributed by atoms with Gasteiger partial charge >= 0.3 is 5.97 Å². The predicted octanol–water partition coefficient (Wildman–Crippen LogP) is 1.06. The molecule has 2 rings (SSSR count). The molecule has 0 fully saturated rings. The van der Waals surface area contributed by atoms with Gasteiger partial charge in [-0.1, -0.05) is 0 Å². The highest BCUT2D eigenvalue weighted by Gasteiger charge is 2.17. The lowest BCUT2D eigenvalue weighted by molar-refractivity contribution is 0.0690. The molecule has 134 valence electrons. The molecule has 1 aromatic heterocycles. The third-order valence-corrected chi connectivity index (χ3v) is 6.03. The van der Waals surface area contributed by atoms with Crippen molar-refractivity contribution >= 4 is 33.2 Å². The number of thiazole rings is 1. The number of nitrogens with zero attached hydrogens (tertiary/aromatic N) is 2. The van der Waals surface area contributed by atoms with Crippen LogP contribution in [0.15, 0.2) is 34.5 Å². The van der Waals surface area contributed by atoms with Crippen LogP contribution in [0.25, 0.3) is 0 Å². The first kappa shape index (κ1) is 19.0. The Hall–Kier alpha value is -2.30. The van der Waals surface area contributed by atoms with E-state index in [0.29, 0.717) is 23.5 Å². The molecule has 0 saturated carbocycles. The average Bonchev–Trinajstić information content (AvgIpc) is 3.04. The first-order valence-corrected chi connectivity index (χ1v) is 9.52. The zero-order valence-electron chi connectivity index (χ0n) is 13.6. The monoisotopic (exact) mass is 383 g/mol. The maximum absolute atomic E-state index is 12.1. The highest BCUT2D eigenvalue weighted by atomic mass is 32.2. The van der Waals surface area contributed by atoms with Crippen LogP contribution in [0.5, 0.6) is 0 Å². The molecule has 0 bridgehead atoms.